The van der Waals surface area contributed by atoms with Crippen LogP contribution in [0, 0.1) is 0 Å². The number of hydrazine groups is 1. The lowest BCUT2D eigenvalue weighted by Gasteiger charge is -2.19. The van der Waals surface area contributed by atoms with Crippen LogP contribution in [0.1, 0.15) is 22.1 Å². The van der Waals surface area contributed by atoms with Gasteiger partial charge in [-0.05, 0) is 29.8 Å². The van der Waals surface area contributed by atoms with Crippen molar-refractivity contribution >= 4 is 17.5 Å². The highest BCUT2D eigenvalue weighted by atomic mass is 16.2. The first-order chi connectivity index (χ1) is 12.7. The maximum absolute atomic E-state index is 12.7. The Morgan fingerprint density at radius 3 is 2.12 bits per heavy atom. The normalized spacial score (nSPS) is 11.4. The number of anilines is 1. The van der Waals surface area contributed by atoms with Gasteiger partial charge in [-0.15, -0.1) is 0 Å². The number of carbonyl (C=O) groups is 2. The molecule has 130 valence electrons. The van der Waals surface area contributed by atoms with Gasteiger partial charge >= 0.3 is 0 Å². The summed E-state index contributed by atoms with van der Waals surface area (Å²) in [7, 11) is 0. The topological polar surface area (TPSA) is 83.1 Å². The summed E-state index contributed by atoms with van der Waals surface area (Å²) in [5.41, 5.74) is 7.02. The first-order valence-corrected chi connectivity index (χ1v) is 8.12. The molecule has 0 aliphatic carbocycles. The lowest BCUT2D eigenvalue weighted by atomic mass is 10.1. The fraction of sp³-hybridized carbons (Fsp3) is 0.0500. The van der Waals surface area contributed by atoms with E-state index in [0.29, 0.717) is 5.69 Å². The molecule has 6 nitrogen and oxygen atoms in total. The van der Waals surface area contributed by atoms with Crippen LogP contribution in [0.5, 0.6) is 0 Å². The molecule has 0 fully saturated rings. The van der Waals surface area contributed by atoms with Gasteiger partial charge in [-0.2, -0.15) is 0 Å². The molecule has 26 heavy (non-hydrogen) atoms. The Balaban J connectivity index is 1.73. The Morgan fingerprint density at radius 1 is 0.808 bits per heavy atom. The summed E-state index contributed by atoms with van der Waals surface area (Å²) in [5, 5.41) is 2.84. The van der Waals surface area contributed by atoms with Crippen molar-refractivity contribution in [1.29, 1.82) is 0 Å². The average molecular weight is 346 g/mol. The Bertz CT molecular complexity index is 855. The van der Waals surface area contributed by atoms with Gasteiger partial charge in [0.25, 0.3) is 5.91 Å². The fourth-order valence-corrected chi connectivity index (χ4v) is 2.38. The van der Waals surface area contributed by atoms with Gasteiger partial charge in [0.2, 0.25) is 5.91 Å². The SMILES string of the molecule is O=C(NN[C@@H](C(=O)Nc1ccccc1)c1ccccc1)c1ccccn1. The van der Waals surface area contributed by atoms with Crippen LogP contribution in [0.25, 0.3) is 0 Å². The molecule has 2 amide bonds. The Labute approximate surface area is 151 Å². The number of benzene rings is 2. The number of aromatic nitrogens is 1. The van der Waals surface area contributed by atoms with Gasteiger partial charge < -0.3 is 5.32 Å². The predicted octanol–water partition coefficient (Wildman–Crippen LogP) is 2.70. The van der Waals surface area contributed by atoms with E-state index in [0.717, 1.165) is 5.56 Å². The summed E-state index contributed by atoms with van der Waals surface area (Å²) < 4.78 is 0. The Hall–Kier alpha value is -3.51. The predicted molar refractivity (Wildman–Crippen MR) is 99.1 cm³/mol. The second-order valence-corrected chi connectivity index (χ2v) is 5.51. The average Bonchev–Trinajstić information content (AvgIpc) is 2.70. The Kier molecular flexibility index (Phi) is 5.69. The van der Waals surface area contributed by atoms with Gasteiger partial charge in [-0.25, -0.2) is 5.43 Å². The molecule has 0 bridgehead atoms. The molecule has 1 heterocycles. The number of carbonyl (C=O) groups excluding carboxylic acids is 2. The van der Waals surface area contributed by atoms with Gasteiger partial charge in [0.1, 0.15) is 11.7 Å². The summed E-state index contributed by atoms with van der Waals surface area (Å²) in [6.45, 7) is 0. The summed E-state index contributed by atoms with van der Waals surface area (Å²) in [4.78, 5) is 28.9. The third-order valence-electron chi connectivity index (χ3n) is 3.66. The zero-order valence-electron chi connectivity index (χ0n) is 13.9. The number of nitrogens with zero attached hydrogens (tertiary/aromatic N) is 1. The van der Waals surface area contributed by atoms with E-state index in [2.05, 4.69) is 21.2 Å². The van der Waals surface area contributed by atoms with Crippen molar-refractivity contribution in [1.82, 2.24) is 15.8 Å². The van der Waals surface area contributed by atoms with E-state index in [1.165, 1.54) is 6.20 Å². The van der Waals surface area contributed by atoms with E-state index < -0.39 is 11.9 Å². The summed E-state index contributed by atoms with van der Waals surface area (Å²) in [6.07, 6.45) is 1.53. The van der Waals surface area contributed by atoms with Crippen molar-refractivity contribution in [3.05, 3.63) is 96.3 Å². The van der Waals surface area contributed by atoms with Crippen LogP contribution in [0.15, 0.2) is 85.1 Å². The number of hydrogen-bond donors (Lipinski definition) is 3. The third kappa shape index (κ3) is 4.52. The summed E-state index contributed by atoms with van der Waals surface area (Å²) in [6, 6.07) is 22.6. The fourth-order valence-electron chi connectivity index (χ4n) is 2.38. The smallest absolute Gasteiger partial charge is 0.283 e. The zero-order valence-corrected chi connectivity index (χ0v) is 13.9. The van der Waals surface area contributed by atoms with Gasteiger partial charge in [-0.1, -0.05) is 54.6 Å². The molecular weight excluding hydrogens is 328 g/mol. The lowest BCUT2D eigenvalue weighted by molar-refractivity contribution is -0.118. The highest BCUT2D eigenvalue weighted by Gasteiger charge is 2.21. The molecule has 0 aliphatic rings. The molecule has 0 unspecified atom stereocenters. The number of hydrogen-bond acceptors (Lipinski definition) is 4. The quantitative estimate of drug-likeness (QED) is 0.599. The number of nitrogens with one attached hydrogen (secondary N) is 3. The monoisotopic (exact) mass is 346 g/mol. The minimum Gasteiger partial charge on any atom is -0.324 e. The zero-order chi connectivity index (χ0) is 18.2. The van der Waals surface area contributed by atoms with E-state index >= 15 is 0 Å². The first-order valence-electron chi connectivity index (χ1n) is 8.12. The minimum atomic E-state index is -0.760. The molecule has 1 atom stereocenters. The van der Waals surface area contributed by atoms with Crippen molar-refractivity contribution in [2.45, 2.75) is 6.04 Å². The van der Waals surface area contributed by atoms with Gasteiger partial charge in [0.05, 0.1) is 0 Å². The third-order valence-corrected chi connectivity index (χ3v) is 3.66. The highest BCUT2D eigenvalue weighted by molar-refractivity contribution is 5.96. The summed E-state index contributed by atoms with van der Waals surface area (Å²) >= 11 is 0. The van der Waals surface area contributed by atoms with Gasteiger partial charge in [0.15, 0.2) is 0 Å². The second-order valence-electron chi connectivity index (χ2n) is 5.51. The molecule has 2 aromatic carbocycles. The van der Waals surface area contributed by atoms with E-state index in [-0.39, 0.29) is 11.6 Å². The van der Waals surface area contributed by atoms with Crippen molar-refractivity contribution in [3.8, 4) is 0 Å². The largest absolute Gasteiger partial charge is 0.324 e. The molecule has 0 spiro atoms. The number of amides is 2. The van der Waals surface area contributed by atoms with Crippen molar-refractivity contribution in [2.24, 2.45) is 0 Å². The number of pyridine rings is 1. The number of para-hydroxylation sites is 1. The standard InChI is InChI=1S/C20H18N4O2/c25-19(17-13-7-8-14-21-17)24-23-18(15-9-3-1-4-10-15)20(26)22-16-11-5-2-6-12-16/h1-14,18,23H,(H,22,26)(H,24,25)/t18-/m1/s1. The van der Waals surface area contributed by atoms with Gasteiger partial charge in [0, 0.05) is 11.9 Å². The van der Waals surface area contributed by atoms with Crippen LogP contribution in [-0.4, -0.2) is 16.8 Å². The first kappa shape index (κ1) is 17.3. The van der Waals surface area contributed by atoms with Crippen LogP contribution in [0.3, 0.4) is 0 Å². The molecule has 3 rings (SSSR count). The highest BCUT2D eigenvalue weighted by Crippen LogP contribution is 2.15. The van der Waals surface area contributed by atoms with E-state index in [9.17, 15) is 9.59 Å². The molecule has 0 radical (unpaired) electrons. The molecule has 1 aromatic heterocycles. The van der Waals surface area contributed by atoms with Crippen LogP contribution in [-0.2, 0) is 4.79 Å². The van der Waals surface area contributed by atoms with Crippen molar-refractivity contribution in [3.63, 3.8) is 0 Å². The lowest BCUT2D eigenvalue weighted by Crippen LogP contribution is -2.44. The molecular formula is C20H18N4O2. The van der Waals surface area contributed by atoms with Crippen LogP contribution in [0.4, 0.5) is 5.69 Å². The van der Waals surface area contributed by atoms with E-state index in [1.807, 2.05) is 48.5 Å². The van der Waals surface area contributed by atoms with Crippen LogP contribution in [0.2, 0.25) is 0 Å². The molecule has 0 aliphatic heterocycles. The maximum atomic E-state index is 12.7. The molecule has 6 heteroatoms. The molecule has 3 aromatic rings. The second kappa shape index (κ2) is 8.55. The minimum absolute atomic E-state index is 0.260. The van der Waals surface area contributed by atoms with Gasteiger partial charge in [-0.3, -0.25) is 20.0 Å². The van der Waals surface area contributed by atoms with Crippen LogP contribution < -0.4 is 16.2 Å². The molecule has 3 N–H and O–H groups in total. The van der Waals surface area contributed by atoms with Crippen molar-refractivity contribution in [2.75, 3.05) is 5.32 Å². The van der Waals surface area contributed by atoms with Crippen LogP contribution >= 0.6 is 0 Å². The Morgan fingerprint density at radius 2 is 1.46 bits per heavy atom. The summed E-state index contributed by atoms with van der Waals surface area (Å²) in [5.74, 6) is -0.706. The maximum Gasteiger partial charge on any atom is 0.283 e. The number of rotatable bonds is 6. The van der Waals surface area contributed by atoms with Crippen molar-refractivity contribution < 1.29 is 9.59 Å². The molecule has 0 saturated carbocycles. The van der Waals surface area contributed by atoms with E-state index in [4.69, 9.17) is 0 Å². The molecule has 0 saturated heterocycles. The van der Waals surface area contributed by atoms with E-state index in [1.54, 1.807) is 30.3 Å².